The molecule has 0 aliphatic carbocycles. The fourth-order valence-corrected chi connectivity index (χ4v) is 4.66. The summed E-state index contributed by atoms with van der Waals surface area (Å²) in [6, 6.07) is 7.14. The van der Waals surface area contributed by atoms with Gasteiger partial charge in [-0.05, 0) is 42.3 Å². The topological polar surface area (TPSA) is 86.8 Å². The zero-order valence-corrected chi connectivity index (χ0v) is 21.2. The molecule has 1 unspecified atom stereocenters. The van der Waals surface area contributed by atoms with Crippen molar-refractivity contribution >= 4 is 62.3 Å². The molecule has 0 aliphatic rings. The Hall–Kier alpha value is -2.07. The number of carbonyl (C=O) groups excluding carboxylic acids is 2. The molecule has 2 aromatic carbocycles. The van der Waals surface area contributed by atoms with Crippen molar-refractivity contribution in [3.8, 4) is 0 Å². The Labute approximate surface area is 207 Å². The molecular weight excluding hydrogens is 516 g/mol. The number of benzene rings is 2. The van der Waals surface area contributed by atoms with Crippen molar-refractivity contribution in [1.29, 1.82) is 0 Å². The first-order valence-electron chi connectivity index (χ1n) is 9.76. The fourth-order valence-electron chi connectivity index (χ4n) is 3.17. The van der Waals surface area contributed by atoms with Gasteiger partial charge in [0.15, 0.2) is 0 Å². The predicted molar refractivity (Wildman–Crippen MR) is 129 cm³/mol. The molecule has 0 aliphatic heterocycles. The van der Waals surface area contributed by atoms with Crippen LogP contribution in [-0.2, 0) is 26.2 Å². The van der Waals surface area contributed by atoms with Crippen LogP contribution in [0.15, 0.2) is 36.4 Å². The van der Waals surface area contributed by atoms with Gasteiger partial charge in [0.05, 0.1) is 17.0 Å². The summed E-state index contributed by atoms with van der Waals surface area (Å²) < 4.78 is 39.3. The summed E-state index contributed by atoms with van der Waals surface area (Å²) in [5, 5.41) is 2.90. The summed E-state index contributed by atoms with van der Waals surface area (Å²) >= 11 is 18.0. The number of hydrogen-bond donors (Lipinski definition) is 1. The van der Waals surface area contributed by atoms with E-state index in [1.165, 1.54) is 24.1 Å². The first-order chi connectivity index (χ1) is 15.4. The molecular formula is C21H23Cl3FN3O4S. The molecule has 7 nitrogen and oxygen atoms in total. The third kappa shape index (κ3) is 6.96. The highest BCUT2D eigenvalue weighted by Gasteiger charge is 2.31. The van der Waals surface area contributed by atoms with Gasteiger partial charge in [-0.25, -0.2) is 12.8 Å². The largest absolute Gasteiger partial charge is 0.357 e. The zero-order valence-electron chi connectivity index (χ0n) is 18.1. The van der Waals surface area contributed by atoms with E-state index in [-0.39, 0.29) is 28.7 Å². The van der Waals surface area contributed by atoms with E-state index in [0.717, 1.165) is 22.7 Å². The first-order valence-corrected chi connectivity index (χ1v) is 12.7. The van der Waals surface area contributed by atoms with Crippen molar-refractivity contribution in [2.45, 2.75) is 25.9 Å². The summed E-state index contributed by atoms with van der Waals surface area (Å²) in [5.74, 6) is -1.82. The quantitative estimate of drug-likeness (QED) is 0.521. The van der Waals surface area contributed by atoms with Crippen molar-refractivity contribution < 1.29 is 22.4 Å². The summed E-state index contributed by atoms with van der Waals surface area (Å²) in [7, 11) is -2.52. The van der Waals surface area contributed by atoms with Crippen molar-refractivity contribution in [1.82, 2.24) is 10.2 Å². The molecule has 2 amide bonds. The van der Waals surface area contributed by atoms with Crippen LogP contribution in [0.1, 0.15) is 18.9 Å². The van der Waals surface area contributed by atoms with Gasteiger partial charge in [-0.1, -0.05) is 47.8 Å². The number of anilines is 1. The molecule has 0 bridgehead atoms. The number of hydrogen-bond acceptors (Lipinski definition) is 4. The monoisotopic (exact) mass is 537 g/mol. The molecule has 2 rings (SSSR count). The van der Waals surface area contributed by atoms with E-state index >= 15 is 0 Å². The molecule has 33 heavy (non-hydrogen) atoms. The Balaban J connectivity index is 2.48. The van der Waals surface area contributed by atoms with Gasteiger partial charge in [-0.2, -0.15) is 0 Å². The third-order valence-electron chi connectivity index (χ3n) is 4.86. The fraction of sp³-hybridized carbons (Fsp3) is 0.333. The van der Waals surface area contributed by atoms with Crippen LogP contribution < -0.4 is 9.62 Å². The van der Waals surface area contributed by atoms with E-state index in [9.17, 15) is 22.4 Å². The molecule has 0 heterocycles. The standard InChI is InChI=1S/C21H23Cl3FN3O4S/c1-4-19(21(30)26-2)27(11-13-5-6-14(22)9-16(13)23)20(29)12-28(33(3,31)32)15-7-8-18(25)17(24)10-15/h5-10,19H,4,11-12H2,1-3H3,(H,26,30). The Morgan fingerprint density at radius 2 is 1.76 bits per heavy atom. The van der Waals surface area contributed by atoms with Crippen molar-refractivity contribution in [3.05, 3.63) is 62.8 Å². The van der Waals surface area contributed by atoms with Crippen LogP contribution >= 0.6 is 34.8 Å². The van der Waals surface area contributed by atoms with E-state index in [2.05, 4.69) is 5.32 Å². The van der Waals surface area contributed by atoms with Crippen LogP contribution in [0.2, 0.25) is 15.1 Å². The van der Waals surface area contributed by atoms with E-state index in [1.807, 2.05) is 0 Å². The van der Waals surface area contributed by atoms with Gasteiger partial charge >= 0.3 is 0 Å². The summed E-state index contributed by atoms with van der Waals surface area (Å²) in [6.45, 7) is 1.01. The zero-order chi connectivity index (χ0) is 24.9. The SMILES string of the molecule is CCC(C(=O)NC)N(Cc1ccc(Cl)cc1Cl)C(=O)CN(c1ccc(F)c(Cl)c1)S(C)(=O)=O. The molecule has 180 valence electrons. The van der Waals surface area contributed by atoms with Crippen LogP contribution in [0.3, 0.4) is 0 Å². The average Bonchev–Trinajstić information content (AvgIpc) is 2.74. The molecule has 0 fully saturated rings. The highest BCUT2D eigenvalue weighted by Crippen LogP contribution is 2.26. The van der Waals surface area contributed by atoms with Crippen LogP contribution in [0.5, 0.6) is 0 Å². The smallest absolute Gasteiger partial charge is 0.244 e. The third-order valence-corrected chi connectivity index (χ3v) is 6.88. The predicted octanol–water partition coefficient (Wildman–Crippen LogP) is 4.11. The van der Waals surface area contributed by atoms with Gasteiger partial charge in [-0.15, -0.1) is 0 Å². The van der Waals surface area contributed by atoms with Gasteiger partial charge in [-0.3, -0.25) is 13.9 Å². The molecule has 0 aromatic heterocycles. The number of nitrogens with one attached hydrogen (secondary N) is 1. The Morgan fingerprint density at radius 3 is 2.27 bits per heavy atom. The second-order valence-corrected chi connectivity index (χ2v) is 10.3. The number of carbonyl (C=O) groups is 2. The van der Waals surface area contributed by atoms with Crippen molar-refractivity contribution in [2.24, 2.45) is 0 Å². The maximum absolute atomic E-state index is 13.6. The Bertz CT molecular complexity index is 1150. The molecule has 0 saturated carbocycles. The van der Waals surface area contributed by atoms with E-state index in [1.54, 1.807) is 19.1 Å². The second kappa shape index (κ2) is 11.4. The second-order valence-electron chi connectivity index (χ2n) is 7.16. The average molecular weight is 539 g/mol. The number of likely N-dealkylation sites (N-methyl/N-ethyl adjacent to an activating group) is 1. The highest BCUT2D eigenvalue weighted by molar-refractivity contribution is 7.92. The molecule has 0 radical (unpaired) electrons. The van der Waals surface area contributed by atoms with E-state index in [0.29, 0.717) is 10.6 Å². The minimum atomic E-state index is -3.96. The van der Waals surface area contributed by atoms with Gasteiger partial charge in [0.25, 0.3) is 0 Å². The minimum Gasteiger partial charge on any atom is -0.357 e. The maximum Gasteiger partial charge on any atom is 0.244 e. The number of rotatable bonds is 9. The number of amides is 2. The normalized spacial score (nSPS) is 12.2. The lowest BCUT2D eigenvalue weighted by atomic mass is 10.1. The Morgan fingerprint density at radius 1 is 1.09 bits per heavy atom. The molecule has 1 atom stereocenters. The Kier molecular flexibility index (Phi) is 9.37. The summed E-state index contributed by atoms with van der Waals surface area (Å²) in [4.78, 5) is 27.1. The van der Waals surface area contributed by atoms with Crippen LogP contribution in [0, 0.1) is 5.82 Å². The van der Waals surface area contributed by atoms with E-state index < -0.39 is 40.2 Å². The van der Waals surface area contributed by atoms with Gasteiger partial charge < -0.3 is 10.2 Å². The lowest BCUT2D eigenvalue weighted by Crippen LogP contribution is -2.51. The number of sulfonamides is 1. The lowest BCUT2D eigenvalue weighted by Gasteiger charge is -2.32. The van der Waals surface area contributed by atoms with Gasteiger partial charge in [0.1, 0.15) is 18.4 Å². The number of halogens is 4. The number of nitrogens with zero attached hydrogens (tertiary/aromatic N) is 2. The highest BCUT2D eigenvalue weighted by atomic mass is 35.5. The van der Waals surface area contributed by atoms with Crippen molar-refractivity contribution in [2.75, 3.05) is 24.2 Å². The summed E-state index contributed by atoms with van der Waals surface area (Å²) in [6.07, 6.45) is 1.17. The molecule has 0 saturated heterocycles. The van der Waals surface area contributed by atoms with Crippen LogP contribution in [-0.4, -0.2) is 51.0 Å². The minimum absolute atomic E-state index is 0.00900. The van der Waals surface area contributed by atoms with E-state index in [4.69, 9.17) is 34.8 Å². The van der Waals surface area contributed by atoms with Crippen LogP contribution in [0.25, 0.3) is 0 Å². The molecule has 12 heteroatoms. The first kappa shape index (κ1) is 27.2. The van der Waals surface area contributed by atoms with Crippen LogP contribution in [0.4, 0.5) is 10.1 Å². The molecule has 0 spiro atoms. The molecule has 2 aromatic rings. The maximum atomic E-state index is 13.6. The summed E-state index contributed by atoms with van der Waals surface area (Å²) in [5.41, 5.74) is 0.530. The van der Waals surface area contributed by atoms with Gasteiger partial charge in [0.2, 0.25) is 21.8 Å². The van der Waals surface area contributed by atoms with Gasteiger partial charge in [0, 0.05) is 23.6 Å². The molecule has 1 N–H and O–H groups in total. The van der Waals surface area contributed by atoms with Crippen molar-refractivity contribution in [3.63, 3.8) is 0 Å². The lowest BCUT2D eigenvalue weighted by molar-refractivity contribution is -0.140.